The van der Waals surface area contributed by atoms with E-state index in [1.807, 2.05) is 0 Å². The van der Waals surface area contributed by atoms with Crippen molar-refractivity contribution in [1.29, 1.82) is 0 Å². The first-order valence-corrected chi connectivity index (χ1v) is 8.03. The molecule has 0 aliphatic rings. The third-order valence-corrected chi connectivity index (χ3v) is 6.01. The van der Waals surface area contributed by atoms with Crippen molar-refractivity contribution in [2.24, 2.45) is 0 Å². The van der Waals surface area contributed by atoms with Crippen molar-refractivity contribution in [3.05, 3.63) is 34.9 Å². The molecule has 1 radical (unpaired) electrons. The van der Waals surface area contributed by atoms with Gasteiger partial charge in [-0.15, -0.1) is 0 Å². The van der Waals surface area contributed by atoms with Gasteiger partial charge in [-0.1, -0.05) is 29.8 Å². The van der Waals surface area contributed by atoms with E-state index >= 15 is 0 Å². The zero-order chi connectivity index (χ0) is 10.8. The molecule has 2 aromatic rings. The molecule has 79 valence electrons. The number of nitrogens with zero attached hydrogens (tertiary/aromatic N) is 1. The number of halogens is 1. The van der Waals surface area contributed by atoms with Crippen LogP contribution in [0.25, 0.3) is 10.9 Å². The molecule has 0 bridgehead atoms. The van der Waals surface area contributed by atoms with Crippen LogP contribution in [0.1, 0.15) is 13.8 Å². The summed E-state index contributed by atoms with van der Waals surface area (Å²) in [4.78, 5) is 0. The van der Waals surface area contributed by atoms with Gasteiger partial charge in [-0.05, 0) is 47.9 Å². The predicted molar refractivity (Wildman–Crippen MR) is 71.8 cm³/mol. The highest BCUT2D eigenvalue weighted by molar-refractivity contribution is 9.10. The predicted octanol–water partition coefficient (Wildman–Crippen LogP) is 4.28. The van der Waals surface area contributed by atoms with Gasteiger partial charge >= 0.3 is 0 Å². The first-order valence-electron chi connectivity index (χ1n) is 5.38. The summed E-state index contributed by atoms with van der Waals surface area (Å²) < 4.78 is 3.65. The molecule has 1 aromatic heterocycles. The van der Waals surface area contributed by atoms with E-state index in [-0.39, 0.29) is 0 Å². The minimum Gasteiger partial charge on any atom is -0.374 e. The minimum absolute atomic E-state index is 0.394. The Balaban J connectivity index is 2.53. The Kier molecular flexibility index (Phi) is 3.31. The smallest absolute Gasteiger partial charge is 0.174 e. The Morgan fingerprint density at radius 1 is 1.20 bits per heavy atom. The molecule has 3 heteroatoms. The summed E-state index contributed by atoms with van der Waals surface area (Å²) in [7, 11) is -0.394. The summed E-state index contributed by atoms with van der Waals surface area (Å²) in [6, 6.07) is 11.3. The van der Waals surface area contributed by atoms with Crippen molar-refractivity contribution >= 4 is 35.8 Å². The summed E-state index contributed by atoms with van der Waals surface area (Å²) >= 11 is 3.51. The van der Waals surface area contributed by atoms with Crippen LogP contribution in [0.15, 0.2) is 34.9 Å². The Bertz CT molecular complexity index is 460. The molecule has 1 aromatic carbocycles. The largest absolute Gasteiger partial charge is 0.374 e. The molecule has 15 heavy (non-hydrogen) atoms. The maximum atomic E-state index is 3.51. The van der Waals surface area contributed by atoms with Crippen LogP contribution in [-0.2, 0) is 0 Å². The summed E-state index contributed by atoms with van der Waals surface area (Å²) in [5.41, 5.74) is 1.38. The lowest BCUT2D eigenvalue weighted by atomic mass is 10.3. The molecule has 0 fully saturated rings. The van der Waals surface area contributed by atoms with E-state index < -0.39 is 8.96 Å². The number of fused-ring (bicyclic) bond motifs is 1. The molecule has 0 aliphatic carbocycles. The van der Waals surface area contributed by atoms with Gasteiger partial charge in [-0.3, -0.25) is 0 Å². The first-order chi connectivity index (χ1) is 7.26. The molecule has 0 atom stereocenters. The van der Waals surface area contributed by atoms with Gasteiger partial charge in [0.25, 0.3) is 0 Å². The van der Waals surface area contributed by atoms with Crippen molar-refractivity contribution in [3.8, 4) is 0 Å². The van der Waals surface area contributed by atoms with Gasteiger partial charge in [0.2, 0.25) is 0 Å². The van der Waals surface area contributed by atoms with Crippen LogP contribution in [0, 0.1) is 0 Å². The SMILES string of the molecule is CC[Si](CC)n1ccc2cc(Br)ccc21. The van der Waals surface area contributed by atoms with Crippen LogP contribution < -0.4 is 0 Å². The molecule has 1 heterocycles. The molecular weight excluding hydrogens is 266 g/mol. The average Bonchev–Trinajstić information content (AvgIpc) is 2.63. The zero-order valence-electron chi connectivity index (χ0n) is 9.13. The molecule has 0 unspecified atom stereocenters. The highest BCUT2D eigenvalue weighted by Crippen LogP contribution is 2.22. The quantitative estimate of drug-likeness (QED) is 0.740. The summed E-state index contributed by atoms with van der Waals surface area (Å²) in [5, 5.41) is 1.34. The summed E-state index contributed by atoms with van der Waals surface area (Å²) in [5.74, 6) is 0. The van der Waals surface area contributed by atoms with Gasteiger partial charge < -0.3 is 4.23 Å². The van der Waals surface area contributed by atoms with Crippen molar-refractivity contribution < 1.29 is 0 Å². The van der Waals surface area contributed by atoms with E-state index in [4.69, 9.17) is 0 Å². The average molecular weight is 281 g/mol. The Hall–Kier alpha value is -0.543. The lowest BCUT2D eigenvalue weighted by molar-refractivity contribution is 1.15. The molecule has 1 nitrogen and oxygen atoms in total. The van der Waals surface area contributed by atoms with Crippen LogP contribution in [0.3, 0.4) is 0 Å². The van der Waals surface area contributed by atoms with E-state index in [0.717, 1.165) is 4.47 Å². The van der Waals surface area contributed by atoms with E-state index in [9.17, 15) is 0 Å². The summed E-state index contributed by atoms with van der Waals surface area (Å²) in [6.45, 7) is 4.59. The van der Waals surface area contributed by atoms with Gasteiger partial charge in [0, 0.05) is 9.99 Å². The highest BCUT2D eigenvalue weighted by atomic mass is 79.9. The second-order valence-electron chi connectivity index (χ2n) is 3.66. The maximum absolute atomic E-state index is 3.51. The third kappa shape index (κ3) is 2.04. The van der Waals surface area contributed by atoms with Gasteiger partial charge in [-0.25, -0.2) is 0 Å². The van der Waals surface area contributed by atoms with Crippen LogP contribution in [0.5, 0.6) is 0 Å². The van der Waals surface area contributed by atoms with Crippen molar-refractivity contribution in [2.45, 2.75) is 25.9 Å². The van der Waals surface area contributed by atoms with E-state index in [2.05, 4.69) is 64.5 Å². The fraction of sp³-hybridized carbons (Fsp3) is 0.333. The normalized spacial score (nSPS) is 11.5. The number of rotatable bonds is 3. The Morgan fingerprint density at radius 2 is 1.93 bits per heavy atom. The fourth-order valence-electron chi connectivity index (χ4n) is 1.98. The van der Waals surface area contributed by atoms with E-state index in [0.29, 0.717) is 0 Å². The third-order valence-electron chi connectivity index (χ3n) is 2.81. The topological polar surface area (TPSA) is 4.93 Å². The lowest BCUT2D eigenvalue weighted by Crippen LogP contribution is -2.20. The monoisotopic (exact) mass is 280 g/mol. The Morgan fingerprint density at radius 3 is 2.60 bits per heavy atom. The van der Waals surface area contributed by atoms with Crippen molar-refractivity contribution in [1.82, 2.24) is 4.23 Å². The maximum Gasteiger partial charge on any atom is 0.174 e. The second-order valence-corrected chi connectivity index (χ2v) is 7.61. The molecule has 0 spiro atoms. The zero-order valence-corrected chi connectivity index (χ0v) is 11.7. The molecule has 2 rings (SSSR count). The Labute approximate surface area is 101 Å². The molecule has 0 N–H and O–H groups in total. The number of hydrogen-bond acceptors (Lipinski definition) is 0. The molecule has 0 amide bonds. The lowest BCUT2D eigenvalue weighted by Gasteiger charge is -2.13. The number of aromatic nitrogens is 1. The van der Waals surface area contributed by atoms with E-state index in [1.165, 1.54) is 23.0 Å². The molecule has 0 saturated heterocycles. The molecule has 0 saturated carbocycles. The van der Waals surface area contributed by atoms with Gasteiger partial charge in [0.05, 0.1) is 0 Å². The molecule has 0 aliphatic heterocycles. The fourth-order valence-corrected chi connectivity index (χ4v) is 4.37. The summed E-state index contributed by atoms with van der Waals surface area (Å²) in [6.07, 6.45) is 2.25. The number of hydrogen-bond donors (Lipinski definition) is 0. The highest BCUT2D eigenvalue weighted by Gasteiger charge is 2.11. The van der Waals surface area contributed by atoms with Crippen LogP contribution in [0.4, 0.5) is 0 Å². The van der Waals surface area contributed by atoms with Gasteiger partial charge in [-0.2, -0.15) is 0 Å². The van der Waals surface area contributed by atoms with E-state index in [1.54, 1.807) is 0 Å². The van der Waals surface area contributed by atoms with Crippen molar-refractivity contribution in [2.75, 3.05) is 0 Å². The standard InChI is InChI=1S/C12H15BrNSi/c1-3-15(4-2)14-8-7-10-9-11(13)5-6-12(10)14/h5-9H,3-4H2,1-2H3. The molecular formula is C12H15BrNSi. The second kappa shape index (κ2) is 4.54. The van der Waals surface area contributed by atoms with Crippen LogP contribution >= 0.6 is 15.9 Å². The van der Waals surface area contributed by atoms with Crippen molar-refractivity contribution in [3.63, 3.8) is 0 Å². The van der Waals surface area contributed by atoms with Gasteiger partial charge in [0.15, 0.2) is 8.96 Å². The van der Waals surface area contributed by atoms with Crippen LogP contribution in [-0.4, -0.2) is 13.2 Å². The van der Waals surface area contributed by atoms with Gasteiger partial charge in [0.1, 0.15) is 0 Å². The first kappa shape index (κ1) is 11.0. The number of benzene rings is 1. The van der Waals surface area contributed by atoms with Crippen LogP contribution in [0.2, 0.25) is 12.1 Å². The minimum atomic E-state index is -0.394.